The fourth-order valence-electron chi connectivity index (χ4n) is 4.39. The van der Waals surface area contributed by atoms with Crippen LogP contribution in [0.2, 0.25) is 0 Å². The lowest BCUT2D eigenvalue weighted by atomic mass is 9.96. The molecule has 34 heavy (non-hydrogen) atoms. The molecule has 4 heteroatoms. The maximum absolute atomic E-state index is 14.0. The fourth-order valence-corrected chi connectivity index (χ4v) is 4.39. The number of hydrogen-bond acceptors (Lipinski definition) is 3. The van der Waals surface area contributed by atoms with Gasteiger partial charge in [-0.15, -0.1) is 0 Å². The molecule has 2 aromatic heterocycles. The van der Waals surface area contributed by atoms with Crippen LogP contribution in [0.4, 0.5) is 0 Å². The molecule has 0 spiro atoms. The van der Waals surface area contributed by atoms with Crippen molar-refractivity contribution >= 4 is 16.6 Å². The summed E-state index contributed by atoms with van der Waals surface area (Å²) < 4.78 is 8.34. The molecule has 0 atom stereocenters. The Labute approximate surface area is 196 Å². The van der Waals surface area contributed by atoms with E-state index in [1.54, 1.807) is 10.9 Å². The summed E-state index contributed by atoms with van der Waals surface area (Å²) in [5, 5.41) is 6.64. The fraction of sp³-hybridized carbons (Fsp3) is 0. The lowest BCUT2D eigenvalue weighted by molar-refractivity contribution is 0.103. The van der Waals surface area contributed by atoms with Crippen LogP contribution >= 0.6 is 0 Å². The number of benzene rings is 4. The summed E-state index contributed by atoms with van der Waals surface area (Å²) in [7, 11) is 0. The van der Waals surface area contributed by atoms with Gasteiger partial charge in [-0.3, -0.25) is 4.79 Å². The number of fused-ring (bicyclic) bond motifs is 1. The van der Waals surface area contributed by atoms with Gasteiger partial charge in [0.2, 0.25) is 0 Å². The number of nitrogens with zero attached hydrogens (tertiary/aromatic N) is 2. The van der Waals surface area contributed by atoms with Gasteiger partial charge < -0.3 is 4.42 Å². The van der Waals surface area contributed by atoms with Crippen LogP contribution in [-0.2, 0) is 0 Å². The summed E-state index contributed by atoms with van der Waals surface area (Å²) in [4.78, 5) is 14.0. The van der Waals surface area contributed by atoms with Crippen molar-refractivity contribution in [1.82, 2.24) is 9.78 Å². The van der Waals surface area contributed by atoms with E-state index in [1.165, 1.54) is 0 Å². The van der Waals surface area contributed by atoms with Crippen LogP contribution in [0.5, 0.6) is 0 Å². The van der Waals surface area contributed by atoms with Crippen molar-refractivity contribution in [3.8, 4) is 28.3 Å². The zero-order valence-corrected chi connectivity index (χ0v) is 18.3. The number of rotatable bonds is 5. The molecule has 0 fully saturated rings. The number of carbonyl (C=O) groups is 1. The van der Waals surface area contributed by atoms with Gasteiger partial charge in [-0.25, -0.2) is 4.68 Å². The second-order valence-electron chi connectivity index (χ2n) is 8.02. The normalized spacial score (nSPS) is 11.1. The van der Waals surface area contributed by atoms with Crippen LogP contribution in [0.25, 0.3) is 39.1 Å². The molecule has 0 radical (unpaired) electrons. The lowest BCUT2D eigenvalue weighted by Crippen LogP contribution is -2.08. The Kier molecular flexibility index (Phi) is 4.89. The van der Waals surface area contributed by atoms with Gasteiger partial charge in [-0.2, -0.15) is 5.10 Å². The third-order valence-corrected chi connectivity index (χ3v) is 5.95. The van der Waals surface area contributed by atoms with Crippen molar-refractivity contribution in [3.63, 3.8) is 0 Å². The van der Waals surface area contributed by atoms with E-state index >= 15 is 0 Å². The van der Waals surface area contributed by atoms with Gasteiger partial charge in [0, 0.05) is 29.1 Å². The zero-order valence-electron chi connectivity index (χ0n) is 18.3. The van der Waals surface area contributed by atoms with Gasteiger partial charge >= 0.3 is 0 Å². The minimum Gasteiger partial charge on any atom is -0.453 e. The molecule has 0 amide bonds. The molecular formula is C30H20N2O2. The second-order valence-corrected chi connectivity index (χ2v) is 8.02. The Morgan fingerprint density at radius 1 is 0.706 bits per heavy atom. The molecule has 6 rings (SSSR count). The average molecular weight is 441 g/mol. The van der Waals surface area contributed by atoms with Crippen molar-refractivity contribution in [2.45, 2.75) is 0 Å². The average Bonchev–Trinajstić information content (AvgIpc) is 3.57. The van der Waals surface area contributed by atoms with Crippen LogP contribution < -0.4 is 0 Å². The van der Waals surface area contributed by atoms with E-state index in [-0.39, 0.29) is 5.78 Å². The predicted octanol–water partition coefficient (Wildman–Crippen LogP) is 7.18. The van der Waals surface area contributed by atoms with Gasteiger partial charge in [0.25, 0.3) is 0 Å². The molecule has 0 aliphatic heterocycles. The predicted molar refractivity (Wildman–Crippen MR) is 134 cm³/mol. The maximum atomic E-state index is 14.0. The minimum absolute atomic E-state index is 0.111. The first-order valence-electron chi connectivity index (χ1n) is 11.1. The monoisotopic (exact) mass is 440 g/mol. The Bertz CT molecular complexity index is 1590. The lowest BCUT2D eigenvalue weighted by Gasteiger charge is -2.09. The topological polar surface area (TPSA) is 48.0 Å². The summed E-state index contributed by atoms with van der Waals surface area (Å²) in [5.74, 6) is 1.03. The van der Waals surface area contributed by atoms with Crippen molar-refractivity contribution in [3.05, 3.63) is 133 Å². The third-order valence-electron chi connectivity index (χ3n) is 5.95. The van der Waals surface area contributed by atoms with Crippen molar-refractivity contribution in [2.75, 3.05) is 0 Å². The first-order valence-corrected chi connectivity index (χ1v) is 11.1. The van der Waals surface area contributed by atoms with Crippen molar-refractivity contribution < 1.29 is 9.21 Å². The van der Waals surface area contributed by atoms with E-state index in [4.69, 9.17) is 4.42 Å². The Morgan fingerprint density at radius 3 is 2.18 bits per heavy atom. The standard InChI is InChI=1S/C30H20N2O2/c33-28(22-12-3-1-4-13-22)26-27(32-20-10-19-31-32)30(34-29(26)23-14-5-2-6-15-23)25-18-9-16-21-11-7-8-17-24(21)25/h1-20H. The smallest absolute Gasteiger partial charge is 0.199 e. The highest BCUT2D eigenvalue weighted by Gasteiger charge is 2.30. The first-order chi connectivity index (χ1) is 16.8. The van der Waals surface area contributed by atoms with Gasteiger partial charge in [-0.1, -0.05) is 103 Å². The molecule has 6 aromatic rings. The molecule has 4 nitrogen and oxygen atoms in total. The van der Waals surface area contributed by atoms with Crippen LogP contribution in [0.1, 0.15) is 15.9 Å². The molecule has 2 heterocycles. The summed E-state index contributed by atoms with van der Waals surface area (Å²) in [5.41, 5.74) is 3.46. The van der Waals surface area contributed by atoms with Gasteiger partial charge in [0.1, 0.15) is 11.4 Å². The Hall–Kier alpha value is -4.70. The van der Waals surface area contributed by atoms with Crippen LogP contribution in [0.15, 0.2) is 126 Å². The van der Waals surface area contributed by atoms with Crippen molar-refractivity contribution in [1.29, 1.82) is 0 Å². The summed E-state index contributed by atoms with van der Waals surface area (Å²) in [6, 6.07) is 35.2. The molecule has 4 aromatic carbocycles. The number of ketones is 1. The highest BCUT2D eigenvalue weighted by atomic mass is 16.3. The molecular weight excluding hydrogens is 420 g/mol. The number of carbonyl (C=O) groups excluding carboxylic acids is 1. The number of hydrogen-bond donors (Lipinski definition) is 0. The van der Waals surface area contributed by atoms with E-state index in [0.29, 0.717) is 28.3 Å². The molecule has 0 N–H and O–H groups in total. The highest BCUT2D eigenvalue weighted by molar-refractivity contribution is 6.16. The Morgan fingerprint density at radius 2 is 1.41 bits per heavy atom. The molecule has 162 valence electrons. The van der Waals surface area contributed by atoms with Crippen LogP contribution in [-0.4, -0.2) is 15.6 Å². The second kappa shape index (κ2) is 8.34. The Balaban J connectivity index is 1.72. The van der Waals surface area contributed by atoms with E-state index in [9.17, 15) is 4.79 Å². The summed E-state index contributed by atoms with van der Waals surface area (Å²) in [6.45, 7) is 0. The van der Waals surface area contributed by atoms with E-state index in [2.05, 4.69) is 23.3 Å². The number of furan rings is 1. The van der Waals surface area contributed by atoms with E-state index in [1.807, 2.05) is 97.2 Å². The minimum atomic E-state index is -0.111. The molecule has 0 bridgehead atoms. The SMILES string of the molecule is O=C(c1ccccc1)c1c(-c2ccccc2)oc(-c2cccc3ccccc23)c1-n1cccn1. The molecule has 0 saturated heterocycles. The number of aromatic nitrogens is 2. The quantitative estimate of drug-likeness (QED) is 0.267. The molecule has 0 aliphatic rings. The third kappa shape index (κ3) is 3.33. The van der Waals surface area contributed by atoms with Crippen LogP contribution in [0, 0.1) is 0 Å². The molecule has 0 aliphatic carbocycles. The first kappa shape index (κ1) is 19.9. The summed E-state index contributed by atoms with van der Waals surface area (Å²) in [6.07, 6.45) is 3.55. The summed E-state index contributed by atoms with van der Waals surface area (Å²) >= 11 is 0. The van der Waals surface area contributed by atoms with Gasteiger partial charge in [-0.05, 0) is 16.8 Å². The zero-order chi connectivity index (χ0) is 22.9. The molecule has 0 unspecified atom stereocenters. The van der Waals surface area contributed by atoms with Crippen LogP contribution in [0.3, 0.4) is 0 Å². The maximum Gasteiger partial charge on any atom is 0.199 e. The van der Waals surface area contributed by atoms with Gasteiger partial charge in [0.05, 0.1) is 5.56 Å². The van der Waals surface area contributed by atoms with Gasteiger partial charge in [0.15, 0.2) is 11.5 Å². The van der Waals surface area contributed by atoms with E-state index < -0.39 is 0 Å². The van der Waals surface area contributed by atoms with E-state index in [0.717, 1.165) is 21.9 Å². The highest BCUT2D eigenvalue weighted by Crippen LogP contribution is 2.42. The largest absolute Gasteiger partial charge is 0.453 e. The van der Waals surface area contributed by atoms with Crippen molar-refractivity contribution in [2.24, 2.45) is 0 Å². The molecule has 0 saturated carbocycles.